The predicted molar refractivity (Wildman–Crippen MR) is 48.1 cm³/mol. The minimum absolute atomic E-state index is 0.612. The number of amidine groups is 1. The molecule has 0 rings (SSSR count). The summed E-state index contributed by atoms with van der Waals surface area (Å²) >= 11 is 0. The van der Waals surface area contributed by atoms with Crippen LogP contribution in [0.2, 0.25) is 0 Å². The van der Waals surface area contributed by atoms with Crippen LogP contribution in [-0.4, -0.2) is 5.84 Å². The van der Waals surface area contributed by atoms with E-state index in [0.717, 1.165) is 5.70 Å². The lowest BCUT2D eigenvalue weighted by Crippen LogP contribution is -2.04. The van der Waals surface area contributed by atoms with Gasteiger partial charge in [-0.1, -0.05) is 19.9 Å². The highest BCUT2D eigenvalue weighted by atomic mass is 14.8. The van der Waals surface area contributed by atoms with Crippen molar-refractivity contribution in [3.05, 3.63) is 11.8 Å². The minimum atomic E-state index is 0.612. The minimum Gasteiger partial charge on any atom is -0.387 e. The van der Waals surface area contributed by atoms with Crippen LogP contribution in [-0.2, 0) is 0 Å². The normalized spacial score (nSPS) is 12.1. The number of allylic oxidation sites excluding steroid dienone is 2. The van der Waals surface area contributed by atoms with E-state index < -0.39 is 0 Å². The van der Waals surface area contributed by atoms with Crippen molar-refractivity contribution in [2.45, 2.75) is 34.6 Å². The lowest BCUT2D eigenvalue weighted by atomic mass is 10.5. The number of hydrogen-bond acceptors (Lipinski definition) is 1. The molecule has 0 unspecified atom stereocenters. The van der Waals surface area contributed by atoms with Crippen molar-refractivity contribution in [2.75, 3.05) is 0 Å². The predicted octanol–water partition coefficient (Wildman–Crippen LogP) is 2.31. The molecule has 0 atom stereocenters. The molecule has 0 aromatic rings. The first-order valence-electron chi connectivity index (χ1n) is 3.60. The Balaban J connectivity index is 0. The molecule has 0 saturated carbocycles. The molecule has 2 N–H and O–H groups in total. The summed E-state index contributed by atoms with van der Waals surface area (Å²) in [6, 6.07) is 0. The van der Waals surface area contributed by atoms with Crippen LogP contribution in [0.15, 0.2) is 16.8 Å². The second-order valence-corrected chi connectivity index (χ2v) is 1.68. The smallest absolute Gasteiger partial charge is 0.0960 e. The standard InChI is InChI=1S/C6H12N2.C2H6/c1-4-5(2)8-6(3)7;1-2/h4H,1-3H3,(H2,7,8);1-2H3/b5-4-;. The molecular weight excluding hydrogens is 124 g/mol. The summed E-state index contributed by atoms with van der Waals surface area (Å²) in [6.45, 7) is 9.62. The molecule has 60 valence electrons. The molecule has 0 spiro atoms. The SMILES string of the molecule is C/C=C(/C)N=C(C)N.CC. The van der Waals surface area contributed by atoms with E-state index in [-0.39, 0.29) is 0 Å². The van der Waals surface area contributed by atoms with Gasteiger partial charge in [-0.2, -0.15) is 0 Å². The third-order valence-electron chi connectivity index (χ3n) is 0.770. The van der Waals surface area contributed by atoms with E-state index in [1.807, 2.05) is 33.8 Å². The van der Waals surface area contributed by atoms with Crippen molar-refractivity contribution in [3.8, 4) is 0 Å². The zero-order valence-corrected chi connectivity index (χ0v) is 7.60. The summed E-state index contributed by atoms with van der Waals surface area (Å²) in [7, 11) is 0. The van der Waals surface area contributed by atoms with Crippen LogP contribution < -0.4 is 5.73 Å². The molecule has 0 heterocycles. The fraction of sp³-hybridized carbons (Fsp3) is 0.625. The second-order valence-electron chi connectivity index (χ2n) is 1.68. The molecule has 2 heteroatoms. The molecule has 0 aliphatic rings. The van der Waals surface area contributed by atoms with Crippen molar-refractivity contribution in [2.24, 2.45) is 10.7 Å². The average molecular weight is 142 g/mol. The van der Waals surface area contributed by atoms with Crippen LogP contribution in [0.4, 0.5) is 0 Å². The van der Waals surface area contributed by atoms with Gasteiger partial charge in [0, 0.05) is 5.70 Å². The summed E-state index contributed by atoms with van der Waals surface area (Å²) < 4.78 is 0. The van der Waals surface area contributed by atoms with Gasteiger partial charge in [-0.3, -0.25) is 0 Å². The quantitative estimate of drug-likeness (QED) is 0.443. The Morgan fingerprint density at radius 3 is 1.80 bits per heavy atom. The molecule has 10 heavy (non-hydrogen) atoms. The van der Waals surface area contributed by atoms with E-state index >= 15 is 0 Å². The zero-order chi connectivity index (χ0) is 8.57. The van der Waals surface area contributed by atoms with Gasteiger partial charge in [0.1, 0.15) is 0 Å². The number of aliphatic imine (C=N–C) groups is 1. The molecule has 0 radical (unpaired) electrons. The lowest BCUT2D eigenvalue weighted by molar-refractivity contribution is 1.26. The molecule has 0 fully saturated rings. The van der Waals surface area contributed by atoms with Crippen LogP contribution in [0.3, 0.4) is 0 Å². The van der Waals surface area contributed by atoms with Crippen molar-refractivity contribution in [1.29, 1.82) is 0 Å². The average Bonchev–Trinajstić information content (AvgIpc) is 1.91. The van der Waals surface area contributed by atoms with Crippen molar-refractivity contribution < 1.29 is 0 Å². The third-order valence-corrected chi connectivity index (χ3v) is 0.770. The Hall–Kier alpha value is -0.790. The summed E-state index contributed by atoms with van der Waals surface area (Å²) in [6.07, 6.45) is 1.91. The first-order chi connectivity index (χ1) is 4.66. The first kappa shape index (κ1) is 11.9. The Kier molecular flexibility index (Phi) is 9.80. The topological polar surface area (TPSA) is 38.4 Å². The van der Waals surface area contributed by atoms with Gasteiger partial charge in [0.2, 0.25) is 0 Å². The molecule has 0 saturated heterocycles. The maximum Gasteiger partial charge on any atom is 0.0960 e. The van der Waals surface area contributed by atoms with Gasteiger partial charge >= 0.3 is 0 Å². The molecule has 0 amide bonds. The zero-order valence-electron chi connectivity index (χ0n) is 7.60. The highest BCUT2D eigenvalue weighted by Gasteiger charge is 1.78. The third kappa shape index (κ3) is 10.2. The Morgan fingerprint density at radius 2 is 1.70 bits per heavy atom. The van der Waals surface area contributed by atoms with Crippen LogP contribution in [0, 0.1) is 0 Å². The van der Waals surface area contributed by atoms with Crippen LogP contribution in [0.5, 0.6) is 0 Å². The second kappa shape index (κ2) is 8.21. The molecule has 0 aromatic carbocycles. The van der Waals surface area contributed by atoms with Gasteiger partial charge in [-0.15, -0.1) is 0 Å². The largest absolute Gasteiger partial charge is 0.387 e. The monoisotopic (exact) mass is 142 g/mol. The number of nitrogens with two attached hydrogens (primary N) is 1. The lowest BCUT2D eigenvalue weighted by Gasteiger charge is -1.89. The van der Waals surface area contributed by atoms with Crippen molar-refractivity contribution >= 4 is 5.84 Å². The molecule has 0 aliphatic heterocycles. The fourth-order valence-electron chi connectivity index (χ4n) is 0.343. The number of rotatable bonds is 1. The van der Waals surface area contributed by atoms with E-state index in [0.29, 0.717) is 5.84 Å². The summed E-state index contributed by atoms with van der Waals surface area (Å²) in [5.74, 6) is 0.612. The van der Waals surface area contributed by atoms with Gasteiger partial charge < -0.3 is 5.73 Å². The van der Waals surface area contributed by atoms with E-state index in [9.17, 15) is 0 Å². The van der Waals surface area contributed by atoms with Crippen molar-refractivity contribution in [3.63, 3.8) is 0 Å². The summed E-state index contributed by atoms with van der Waals surface area (Å²) in [5.41, 5.74) is 6.24. The van der Waals surface area contributed by atoms with E-state index in [2.05, 4.69) is 4.99 Å². The molecule has 0 aliphatic carbocycles. The highest BCUT2D eigenvalue weighted by Crippen LogP contribution is 1.91. The maximum absolute atomic E-state index is 5.28. The van der Waals surface area contributed by atoms with Gasteiger partial charge in [0.05, 0.1) is 5.84 Å². The Labute approximate surface area is 63.8 Å². The highest BCUT2D eigenvalue weighted by molar-refractivity contribution is 5.78. The van der Waals surface area contributed by atoms with Gasteiger partial charge in [0.15, 0.2) is 0 Å². The first-order valence-corrected chi connectivity index (χ1v) is 3.60. The van der Waals surface area contributed by atoms with Crippen LogP contribution >= 0.6 is 0 Å². The van der Waals surface area contributed by atoms with Crippen molar-refractivity contribution in [1.82, 2.24) is 0 Å². The van der Waals surface area contributed by atoms with Crippen LogP contribution in [0.25, 0.3) is 0 Å². The maximum atomic E-state index is 5.28. The molecule has 0 bridgehead atoms. The molecule has 0 aromatic heterocycles. The fourth-order valence-corrected chi connectivity index (χ4v) is 0.343. The van der Waals surface area contributed by atoms with E-state index in [1.54, 1.807) is 6.92 Å². The summed E-state index contributed by atoms with van der Waals surface area (Å²) in [4.78, 5) is 3.95. The molecular formula is C8H18N2. The van der Waals surface area contributed by atoms with E-state index in [4.69, 9.17) is 5.73 Å². The van der Waals surface area contributed by atoms with Gasteiger partial charge in [-0.25, -0.2) is 4.99 Å². The van der Waals surface area contributed by atoms with Gasteiger partial charge in [0.25, 0.3) is 0 Å². The Morgan fingerprint density at radius 1 is 1.30 bits per heavy atom. The molecule has 2 nitrogen and oxygen atoms in total. The number of nitrogens with zero attached hydrogens (tertiary/aromatic N) is 1. The van der Waals surface area contributed by atoms with E-state index in [1.165, 1.54) is 0 Å². The van der Waals surface area contributed by atoms with Gasteiger partial charge in [-0.05, 0) is 20.8 Å². The Bertz CT molecular complexity index is 119. The van der Waals surface area contributed by atoms with Crippen LogP contribution in [0.1, 0.15) is 34.6 Å². The number of hydrogen-bond donors (Lipinski definition) is 1. The summed E-state index contributed by atoms with van der Waals surface area (Å²) in [5, 5.41) is 0.